The van der Waals surface area contributed by atoms with Crippen molar-refractivity contribution in [1.29, 1.82) is 0 Å². The van der Waals surface area contributed by atoms with E-state index >= 15 is 0 Å². The second kappa shape index (κ2) is 13.9. The van der Waals surface area contributed by atoms with Crippen LogP contribution in [0.4, 0.5) is 0 Å². The molecule has 0 bridgehead atoms. The van der Waals surface area contributed by atoms with E-state index in [1.54, 1.807) is 0 Å². The molecule has 0 heterocycles. The van der Waals surface area contributed by atoms with Crippen molar-refractivity contribution in [2.24, 2.45) is 0 Å². The summed E-state index contributed by atoms with van der Waals surface area (Å²) in [5.41, 5.74) is 4.19. The van der Waals surface area contributed by atoms with Gasteiger partial charge in [-0.25, -0.2) is 0 Å². The summed E-state index contributed by atoms with van der Waals surface area (Å²) in [7, 11) is -4.67. The Morgan fingerprint density at radius 2 is 1.24 bits per heavy atom. The van der Waals surface area contributed by atoms with Gasteiger partial charge in [-0.15, -0.1) is 0 Å². The highest BCUT2D eigenvalue weighted by molar-refractivity contribution is 7.79. The zero-order valence-electron chi connectivity index (χ0n) is 19.3. The third kappa shape index (κ3) is 9.67. The van der Waals surface area contributed by atoms with E-state index in [9.17, 15) is 0 Å². The highest BCUT2D eigenvalue weighted by Gasteiger charge is 2.12. The molecule has 3 rings (SSSR count). The zero-order valence-corrected chi connectivity index (χ0v) is 20.8. The van der Waals surface area contributed by atoms with E-state index in [0.29, 0.717) is 6.61 Å². The summed E-state index contributed by atoms with van der Waals surface area (Å²) in [5.74, 6) is 0.879. The van der Waals surface area contributed by atoms with Crippen LogP contribution in [-0.4, -0.2) is 48.7 Å². The number of hydrogen-bond acceptors (Lipinski definition) is 4. The summed E-state index contributed by atoms with van der Waals surface area (Å²) in [6.07, 6.45) is 0. The van der Waals surface area contributed by atoms with Crippen molar-refractivity contribution in [3.8, 4) is 5.75 Å². The molecule has 0 spiro atoms. The Morgan fingerprint density at radius 1 is 0.794 bits per heavy atom. The second-order valence-corrected chi connectivity index (χ2v) is 8.54. The average molecular weight is 504 g/mol. The van der Waals surface area contributed by atoms with Gasteiger partial charge < -0.3 is 9.64 Å². The number of benzene rings is 3. The quantitative estimate of drug-likeness (QED) is 0.279. The topological polar surface area (TPSA) is 87.1 Å². The zero-order chi connectivity index (χ0) is 25.0. The van der Waals surface area contributed by atoms with Gasteiger partial charge in [0.05, 0.1) is 5.03 Å². The molecule has 2 N–H and O–H groups in total. The van der Waals surface area contributed by atoms with E-state index in [2.05, 4.69) is 43.0 Å². The SMILES string of the molecule is CCN(CC)CCOc1ccc(/C(=C(\Cl)c2ccccc2)c2ccccc2)cc1.O=S(=O)(O)O. The van der Waals surface area contributed by atoms with Crippen LogP contribution in [0.5, 0.6) is 5.75 Å². The van der Waals surface area contributed by atoms with Crippen molar-refractivity contribution >= 4 is 32.6 Å². The first kappa shape index (κ1) is 27.6. The predicted octanol–water partition coefficient (Wildman–Crippen LogP) is 5.91. The smallest absolute Gasteiger partial charge is 0.394 e. The van der Waals surface area contributed by atoms with Gasteiger partial charge >= 0.3 is 10.4 Å². The maximum absolute atomic E-state index is 8.74. The van der Waals surface area contributed by atoms with E-state index < -0.39 is 10.4 Å². The molecule has 0 unspecified atom stereocenters. The maximum atomic E-state index is 8.74. The van der Waals surface area contributed by atoms with E-state index in [4.69, 9.17) is 33.9 Å². The van der Waals surface area contributed by atoms with E-state index in [1.165, 1.54) is 0 Å². The molecule has 8 heteroatoms. The first-order chi connectivity index (χ1) is 16.2. The number of ether oxygens (including phenoxy) is 1. The predicted molar refractivity (Wildman–Crippen MR) is 139 cm³/mol. The summed E-state index contributed by atoms with van der Waals surface area (Å²) < 4.78 is 37.5. The lowest BCUT2D eigenvalue weighted by atomic mass is 9.95. The largest absolute Gasteiger partial charge is 0.492 e. The van der Waals surface area contributed by atoms with Crippen molar-refractivity contribution in [3.05, 3.63) is 102 Å². The summed E-state index contributed by atoms with van der Waals surface area (Å²) >= 11 is 6.87. The van der Waals surface area contributed by atoms with E-state index in [0.717, 1.165) is 52.7 Å². The average Bonchev–Trinajstić information content (AvgIpc) is 2.83. The third-order valence-electron chi connectivity index (χ3n) is 5.02. The lowest BCUT2D eigenvalue weighted by Gasteiger charge is -2.18. The Kier molecular flexibility index (Phi) is 11.3. The van der Waals surface area contributed by atoms with Crippen LogP contribution in [0.15, 0.2) is 84.9 Å². The highest BCUT2D eigenvalue weighted by atomic mass is 35.5. The van der Waals surface area contributed by atoms with Crippen LogP contribution >= 0.6 is 11.6 Å². The fraction of sp³-hybridized carbons (Fsp3) is 0.231. The fourth-order valence-corrected chi connectivity index (χ4v) is 3.65. The molecule has 0 radical (unpaired) electrons. The van der Waals surface area contributed by atoms with Gasteiger partial charge in [0.25, 0.3) is 0 Å². The van der Waals surface area contributed by atoms with Gasteiger partial charge in [0.15, 0.2) is 0 Å². The molecule has 0 saturated heterocycles. The molecule has 0 aliphatic carbocycles. The number of hydrogen-bond donors (Lipinski definition) is 2. The molecule has 3 aromatic rings. The Labute approximate surface area is 207 Å². The molecule has 0 aliphatic rings. The molecule has 182 valence electrons. The van der Waals surface area contributed by atoms with Gasteiger partial charge in [0, 0.05) is 12.1 Å². The number of nitrogens with zero attached hydrogens (tertiary/aromatic N) is 1. The van der Waals surface area contributed by atoms with Gasteiger partial charge in [0.1, 0.15) is 12.4 Å². The van der Waals surface area contributed by atoms with Crippen LogP contribution in [0, 0.1) is 0 Å². The monoisotopic (exact) mass is 503 g/mol. The van der Waals surface area contributed by atoms with Crippen LogP contribution in [0.3, 0.4) is 0 Å². The van der Waals surface area contributed by atoms with Crippen molar-refractivity contribution in [2.45, 2.75) is 13.8 Å². The lowest BCUT2D eigenvalue weighted by molar-refractivity contribution is 0.223. The normalized spacial score (nSPS) is 11.9. The maximum Gasteiger partial charge on any atom is 0.394 e. The fourth-order valence-electron chi connectivity index (χ4n) is 3.30. The molecule has 0 atom stereocenters. The second-order valence-electron chi connectivity index (χ2n) is 7.27. The van der Waals surface area contributed by atoms with Crippen molar-refractivity contribution in [3.63, 3.8) is 0 Å². The third-order valence-corrected chi connectivity index (χ3v) is 5.43. The molecule has 34 heavy (non-hydrogen) atoms. The van der Waals surface area contributed by atoms with Crippen LogP contribution < -0.4 is 4.74 Å². The Hall–Kier alpha value is -2.68. The summed E-state index contributed by atoms with van der Waals surface area (Å²) in [5, 5.41) is 0.743. The Morgan fingerprint density at radius 3 is 1.71 bits per heavy atom. The number of halogens is 1. The number of likely N-dealkylation sites (N-methyl/N-ethyl adjacent to an activating group) is 1. The van der Waals surface area contributed by atoms with Gasteiger partial charge in [-0.3, -0.25) is 9.11 Å². The molecule has 0 fully saturated rings. The van der Waals surface area contributed by atoms with Crippen molar-refractivity contribution in [1.82, 2.24) is 4.90 Å². The van der Waals surface area contributed by atoms with E-state index in [1.807, 2.05) is 60.7 Å². The minimum Gasteiger partial charge on any atom is -0.492 e. The highest BCUT2D eigenvalue weighted by Crippen LogP contribution is 2.35. The standard InChI is InChI=1S/C26H28ClNO.H2O4S/c1-3-28(4-2)19-20-29-24-17-15-22(16-18-24)25(21-11-7-5-8-12-21)26(27)23-13-9-6-10-14-23;1-5(2,3)4/h5-18H,3-4,19-20H2,1-2H3;(H2,1,2,3,4)/b26-25-;. The summed E-state index contributed by atoms with van der Waals surface area (Å²) in [6.45, 7) is 8.05. The molecule has 0 aromatic heterocycles. The van der Waals surface area contributed by atoms with Crippen molar-refractivity contribution in [2.75, 3.05) is 26.2 Å². The Bertz CT molecular complexity index is 1120. The molecule has 3 aromatic carbocycles. The van der Waals surface area contributed by atoms with Gasteiger partial charge in [-0.1, -0.05) is 98.2 Å². The molecule has 6 nitrogen and oxygen atoms in total. The minimum atomic E-state index is -4.67. The van der Waals surface area contributed by atoms with Gasteiger partial charge in [-0.2, -0.15) is 8.42 Å². The molecule has 0 aliphatic heterocycles. The first-order valence-electron chi connectivity index (χ1n) is 10.9. The molecular formula is C26H30ClNO5S. The van der Waals surface area contributed by atoms with Crippen LogP contribution in [0.2, 0.25) is 0 Å². The Balaban J connectivity index is 0.000000739. The summed E-state index contributed by atoms with van der Waals surface area (Å²) in [4.78, 5) is 2.35. The minimum absolute atomic E-state index is 0.688. The number of rotatable bonds is 9. The van der Waals surface area contributed by atoms with Gasteiger partial charge in [0.2, 0.25) is 0 Å². The van der Waals surface area contributed by atoms with Crippen LogP contribution in [-0.2, 0) is 10.4 Å². The van der Waals surface area contributed by atoms with Crippen LogP contribution in [0.1, 0.15) is 30.5 Å². The molecule has 0 amide bonds. The van der Waals surface area contributed by atoms with Gasteiger partial charge in [-0.05, 0) is 41.9 Å². The lowest BCUT2D eigenvalue weighted by Crippen LogP contribution is -2.27. The summed E-state index contributed by atoms with van der Waals surface area (Å²) in [6, 6.07) is 28.6. The first-order valence-corrected chi connectivity index (χ1v) is 12.7. The molecule has 0 saturated carbocycles. The van der Waals surface area contributed by atoms with E-state index in [-0.39, 0.29) is 0 Å². The molecular weight excluding hydrogens is 474 g/mol. The van der Waals surface area contributed by atoms with Crippen LogP contribution in [0.25, 0.3) is 10.6 Å². The van der Waals surface area contributed by atoms with Crippen molar-refractivity contribution < 1.29 is 22.3 Å².